The van der Waals surface area contributed by atoms with Crippen LogP contribution in [0.1, 0.15) is 13.8 Å². The van der Waals surface area contributed by atoms with Gasteiger partial charge >= 0.3 is 5.97 Å². The highest BCUT2D eigenvalue weighted by atomic mass is 35.5. The van der Waals surface area contributed by atoms with Gasteiger partial charge in [-0.3, -0.25) is 4.79 Å². The number of esters is 1. The molecule has 5 heteroatoms. The minimum Gasteiger partial charge on any atom is -0.466 e. The second-order valence-corrected chi connectivity index (χ2v) is 4.48. The van der Waals surface area contributed by atoms with Crippen LogP contribution in [-0.2, 0) is 9.53 Å². The third-order valence-electron chi connectivity index (χ3n) is 2.22. The zero-order valence-corrected chi connectivity index (χ0v) is 11.3. The normalized spacial score (nSPS) is 12.0. The Balaban J connectivity index is 2.50. The van der Waals surface area contributed by atoms with Crippen molar-refractivity contribution >= 4 is 34.9 Å². The van der Waals surface area contributed by atoms with E-state index in [2.05, 4.69) is 5.32 Å². The Morgan fingerprint density at radius 1 is 1.41 bits per heavy atom. The largest absolute Gasteiger partial charge is 0.466 e. The van der Waals surface area contributed by atoms with Crippen LogP contribution in [0.25, 0.3) is 0 Å². The molecule has 1 N–H and O–H groups in total. The molecule has 0 saturated carbocycles. The number of carbonyl (C=O) groups is 1. The van der Waals surface area contributed by atoms with Gasteiger partial charge in [-0.1, -0.05) is 30.1 Å². The minimum atomic E-state index is -0.208. The fraction of sp³-hybridized carbons (Fsp3) is 0.417. The predicted octanol–water partition coefficient (Wildman–Crippen LogP) is 3.60. The molecule has 0 bridgehead atoms. The first kappa shape index (κ1) is 14.1. The summed E-state index contributed by atoms with van der Waals surface area (Å²) in [5, 5.41) is 4.10. The molecular formula is C12H15Cl2NO2. The maximum absolute atomic E-state index is 11.4. The Bertz CT molecular complexity index is 396. The molecule has 1 unspecified atom stereocenters. The van der Waals surface area contributed by atoms with Crippen LogP contribution in [-0.4, -0.2) is 19.1 Å². The average molecular weight is 276 g/mol. The van der Waals surface area contributed by atoms with Gasteiger partial charge in [-0.05, 0) is 25.1 Å². The summed E-state index contributed by atoms with van der Waals surface area (Å²) in [6.07, 6.45) is 0. The topological polar surface area (TPSA) is 38.3 Å². The maximum atomic E-state index is 11.4. The molecule has 3 nitrogen and oxygen atoms in total. The average Bonchev–Trinajstić information content (AvgIpc) is 2.30. The number of anilines is 1. The highest BCUT2D eigenvalue weighted by Crippen LogP contribution is 2.25. The first-order valence-electron chi connectivity index (χ1n) is 5.40. The SMILES string of the molecule is CCOC(=O)C(C)CNc1ccc(Cl)c(Cl)c1. The van der Waals surface area contributed by atoms with Crippen molar-refractivity contribution in [3.05, 3.63) is 28.2 Å². The molecule has 1 aromatic carbocycles. The van der Waals surface area contributed by atoms with Gasteiger partial charge in [-0.15, -0.1) is 0 Å². The van der Waals surface area contributed by atoms with Gasteiger partial charge in [0, 0.05) is 12.2 Å². The summed E-state index contributed by atoms with van der Waals surface area (Å²) >= 11 is 11.7. The van der Waals surface area contributed by atoms with Gasteiger partial charge in [0.25, 0.3) is 0 Å². The summed E-state index contributed by atoms with van der Waals surface area (Å²) < 4.78 is 4.91. The summed E-state index contributed by atoms with van der Waals surface area (Å²) in [4.78, 5) is 11.4. The molecule has 0 aromatic heterocycles. The second kappa shape index (κ2) is 6.72. The third-order valence-corrected chi connectivity index (χ3v) is 2.96. The Labute approximate surface area is 111 Å². The molecule has 1 rings (SSSR count). The summed E-state index contributed by atoms with van der Waals surface area (Å²) in [6.45, 7) is 4.49. The van der Waals surface area contributed by atoms with Crippen LogP contribution < -0.4 is 5.32 Å². The minimum absolute atomic E-state index is 0.204. The van der Waals surface area contributed by atoms with Gasteiger partial charge in [0.15, 0.2) is 0 Å². The van der Waals surface area contributed by atoms with Crippen molar-refractivity contribution in [1.29, 1.82) is 0 Å². The van der Waals surface area contributed by atoms with Crippen LogP contribution in [0.2, 0.25) is 10.0 Å². The molecule has 0 aliphatic heterocycles. The fourth-order valence-corrected chi connectivity index (χ4v) is 1.54. The van der Waals surface area contributed by atoms with Crippen LogP contribution in [0.4, 0.5) is 5.69 Å². The van der Waals surface area contributed by atoms with Gasteiger partial charge in [0.05, 0.1) is 22.6 Å². The van der Waals surface area contributed by atoms with E-state index in [1.54, 1.807) is 19.1 Å². The molecule has 0 aliphatic rings. The van der Waals surface area contributed by atoms with Crippen molar-refractivity contribution in [2.75, 3.05) is 18.5 Å². The lowest BCUT2D eigenvalue weighted by molar-refractivity contribution is -0.146. The molecular weight excluding hydrogens is 261 g/mol. The number of hydrogen-bond acceptors (Lipinski definition) is 3. The highest BCUT2D eigenvalue weighted by Gasteiger charge is 2.13. The van der Waals surface area contributed by atoms with Gasteiger partial charge in [0.2, 0.25) is 0 Å². The van der Waals surface area contributed by atoms with Gasteiger partial charge in [-0.2, -0.15) is 0 Å². The zero-order valence-electron chi connectivity index (χ0n) is 9.80. The predicted molar refractivity (Wildman–Crippen MR) is 70.7 cm³/mol. The smallest absolute Gasteiger partial charge is 0.310 e. The lowest BCUT2D eigenvalue weighted by atomic mass is 10.2. The lowest BCUT2D eigenvalue weighted by Gasteiger charge is -2.12. The van der Waals surface area contributed by atoms with E-state index in [4.69, 9.17) is 27.9 Å². The summed E-state index contributed by atoms with van der Waals surface area (Å²) in [5.74, 6) is -0.413. The standard InChI is InChI=1S/C12H15Cl2NO2/c1-3-17-12(16)8(2)7-15-9-4-5-10(13)11(14)6-9/h4-6,8,15H,3,7H2,1-2H3. The molecule has 1 atom stereocenters. The zero-order chi connectivity index (χ0) is 12.8. The summed E-state index contributed by atoms with van der Waals surface area (Å²) in [7, 11) is 0. The Kier molecular flexibility index (Phi) is 5.59. The molecule has 94 valence electrons. The highest BCUT2D eigenvalue weighted by molar-refractivity contribution is 6.42. The van der Waals surface area contributed by atoms with Crippen LogP contribution >= 0.6 is 23.2 Å². The lowest BCUT2D eigenvalue weighted by Crippen LogP contribution is -2.22. The van der Waals surface area contributed by atoms with E-state index in [1.807, 2.05) is 13.0 Å². The molecule has 0 spiro atoms. The quantitative estimate of drug-likeness (QED) is 0.835. The van der Waals surface area contributed by atoms with Crippen LogP contribution in [0.3, 0.4) is 0 Å². The monoisotopic (exact) mass is 275 g/mol. The van der Waals surface area contributed by atoms with E-state index in [9.17, 15) is 4.79 Å². The number of ether oxygens (including phenoxy) is 1. The number of halogens is 2. The molecule has 0 saturated heterocycles. The molecule has 17 heavy (non-hydrogen) atoms. The first-order valence-corrected chi connectivity index (χ1v) is 6.15. The molecule has 0 heterocycles. The molecule has 0 radical (unpaired) electrons. The van der Waals surface area contributed by atoms with E-state index in [1.165, 1.54) is 0 Å². The van der Waals surface area contributed by atoms with Crippen molar-refractivity contribution in [2.24, 2.45) is 5.92 Å². The van der Waals surface area contributed by atoms with Crippen molar-refractivity contribution < 1.29 is 9.53 Å². The summed E-state index contributed by atoms with van der Waals surface area (Å²) in [6, 6.07) is 5.25. The molecule has 0 aliphatic carbocycles. The van der Waals surface area contributed by atoms with Crippen molar-refractivity contribution in [2.45, 2.75) is 13.8 Å². The Hall–Kier alpha value is -0.930. The second-order valence-electron chi connectivity index (χ2n) is 3.66. The van der Waals surface area contributed by atoms with Gasteiger partial charge < -0.3 is 10.1 Å². The first-order chi connectivity index (χ1) is 8.04. The van der Waals surface area contributed by atoms with Crippen LogP contribution in [0.5, 0.6) is 0 Å². The molecule has 0 fully saturated rings. The number of nitrogens with one attached hydrogen (secondary N) is 1. The van der Waals surface area contributed by atoms with Crippen LogP contribution in [0, 0.1) is 5.92 Å². The number of carbonyl (C=O) groups excluding carboxylic acids is 1. The van der Waals surface area contributed by atoms with Gasteiger partial charge in [-0.25, -0.2) is 0 Å². The van der Waals surface area contributed by atoms with Crippen LogP contribution in [0.15, 0.2) is 18.2 Å². The Morgan fingerprint density at radius 3 is 2.71 bits per heavy atom. The van der Waals surface area contributed by atoms with Crippen molar-refractivity contribution in [3.8, 4) is 0 Å². The molecule has 1 aromatic rings. The number of benzene rings is 1. The summed E-state index contributed by atoms with van der Waals surface area (Å²) in [5.41, 5.74) is 0.829. The van der Waals surface area contributed by atoms with Crippen molar-refractivity contribution in [1.82, 2.24) is 0 Å². The van der Waals surface area contributed by atoms with E-state index < -0.39 is 0 Å². The van der Waals surface area contributed by atoms with E-state index >= 15 is 0 Å². The fourth-order valence-electron chi connectivity index (χ4n) is 1.24. The number of rotatable bonds is 5. The van der Waals surface area contributed by atoms with E-state index in [-0.39, 0.29) is 11.9 Å². The van der Waals surface area contributed by atoms with E-state index in [0.717, 1.165) is 5.69 Å². The third kappa shape index (κ3) is 4.44. The van der Waals surface area contributed by atoms with E-state index in [0.29, 0.717) is 23.2 Å². The molecule has 0 amide bonds. The van der Waals surface area contributed by atoms with Crippen molar-refractivity contribution in [3.63, 3.8) is 0 Å². The number of hydrogen-bond donors (Lipinski definition) is 1. The van der Waals surface area contributed by atoms with Gasteiger partial charge in [0.1, 0.15) is 0 Å². The Morgan fingerprint density at radius 2 is 2.12 bits per heavy atom. The maximum Gasteiger partial charge on any atom is 0.310 e.